The molecule has 0 radical (unpaired) electrons. The minimum Gasteiger partial charge on any atom is -0.368 e. The molecule has 0 N–H and O–H groups in total. The van der Waals surface area contributed by atoms with E-state index in [0.29, 0.717) is 37.3 Å². The molecule has 0 spiro atoms. The van der Waals surface area contributed by atoms with Crippen LogP contribution in [-0.4, -0.2) is 56.1 Å². The maximum atomic E-state index is 13.1. The number of imidazole rings is 1. The summed E-state index contributed by atoms with van der Waals surface area (Å²) in [4.78, 5) is 38.7. The quantitative estimate of drug-likeness (QED) is 0.641. The van der Waals surface area contributed by atoms with Gasteiger partial charge in [-0.1, -0.05) is 6.42 Å². The van der Waals surface area contributed by atoms with E-state index in [1.165, 1.54) is 23.0 Å². The van der Waals surface area contributed by atoms with Crippen LogP contribution in [0.5, 0.6) is 0 Å². The molecule has 5 rings (SSSR count). The number of anilines is 1. The molecule has 1 aromatic carbocycles. The molecule has 0 saturated carbocycles. The van der Waals surface area contributed by atoms with Crippen LogP contribution in [0, 0.1) is 5.82 Å². The van der Waals surface area contributed by atoms with Gasteiger partial charge in [-0.05, 0) is 37.1 Å². The Morgan fingerprint density at radius 1 is 1.00 bits per heavy atom. The zero-order valence-electron chi connectivity index (χ0n) is 17.3. The molecule has 0 unspecified atom stereocenters. The molecule has 2 aliphatic rings. The fourth-order valence-electron chi connectivity index (χ4n) is 4.46. The second-order valence-electron chi connectivity index (χ2n) is 8.18. The predicted molar refractivity (Wildman–Crippen MR) is 115 cm³/mol. The zero-order chi connectivity index (χ0) is 21.4. The molecule has 0 aliphatic carbocycles. The normalized spacial score (nSPS) is 16.9. The van der Waals surface area contributed by atoms with Crippen LogP contribution in [0.25, 0.3) is 11.2 Å². The molecular formula is C22H25FN6O2. The summed E-state index contributed by atoms with van der Waals surface area (Å²) in [5, 5.41) is 0. The van der Waals surface area contributed by atoms with Gasteiger partial charge in [0.25, 0.3) is 5.56 Å². The summed E-state index contributed by atoms with van der Waals surface area (Å²) in [5.74, 6) is 0.545. The van der Waals surface area contributed by atoms with Gasteiger partial charge >= 0.3 is 0 Å². The Bertz CT molecular complexity index is 1160. The van der Waals surface area contributed by atoms with Crippen molar-refractivity contribution in [3.8, 4) is 0 Å². The number of rotatable bonds is 3. The Balaban J connectivity index is 1.28. The van der Waals surface area contributed by atoms with E-state index in [2.05, 4.69) is 14.9 Å². The fraction of sp³-hybridized carbons (Fsp3) is 0.455. The lowest BCUT2D eigenvalue weighted by Gasteiger charge is -2.36. The van der Waals surface area contributed by atoms with Crippen molar-refractivity contribution in [1.82, 2.24) is 24.0 Å². The first kappa shape index (κ1) is 19.7. The van der Waals surface area contributed by atoms with Crippen LogP contribution >= 0.6 is 0 Å². The minimum atomic E-state index is -0.261. The van der Waals surface area contributed by atoms with Crippen LogP contribution in [0.4, 0.5) is 10.1 Å². The summed E-state index contributed by atoms with van der Waals surface area (Å²) in [6.07, 6.45) is 5.61. The lowest BCUT2D eigenvalue weighted by molar-refractivity contribution is -0.132. The number of aryl methyl sites for hydroxylation is 2. The fourth-order valence-corrected chi connectivity index (χ4v) is 4.46. The Hall–Kier alpha value is -3.23. The molecule has 0 bridgehead atoms. The van der Waals surface area contributed by atoms with E-state index >= 15 is 0 Å². The molecule has 162 valence electrons. The summed E-state index contributed by atoms with van der Waals surface area (Å²) < 4.78 is 16.5. The van der Waals surface area contributed by atoms with E-state index in [0.717, 1.165) is 43.7 Å². The average molecular weight is 424 g/mol. The van der Waals surface area contributed by atoms with Crippen molar-refractivity contribution in [2.75, 3.05) is 31.1 Å². The maximum absolute atomic E-state index is 13.1. The van der Waals surface area contributed by atoms with Crippen molar-refractivity contribution in [3.05, 3.63) is 52.6 Å². The SMILES string of the molecule is O=C(Cn1cnc2c(nc3n2CCCCC3)c1=O)N1CCN(c2ccc(F)cc2)CC1. The van der Waals surface area contributed by atoms with Crippen LogP contribution in [0.15, 0.2) is 35.4 Å². The van der Waals surface area contributed by atoms with Crippen molar-refractivity contribution in [1.29, 1.82) is 0 Å². The van der Waals surface area contributed by atoms with E-state index in [1.54, 1.807) is 17.0 Å². The van der Waals surface area contributed by atoms with Crippen LogP contribution in [0.2, 0.25) is 0 Å². The number of carbonyl (C=O) groups is 1. The first-order valence-corrected chi connectivity index (χ1v) is 10.8. The Morgan fingerprint density at radius 2 is 1.77 bits per heavy atom. The first-order valence-electron chi connectivity index (χ1n) is 10.8. The molecule has 4 heterocycles. The monoisotopic (exact) mass is 424 g/mol. The third-order valence-electron chi connectivity index (χ3n) is 6.21. The Morgan fingerprint density at radius 3 is 2.55 bits per heavy atom. The summed E-state index contributed by atoms with van der Waals surface area (Å²) in [6, 6.07) is 6.38. The van der Waals surface area contributed by atoms with Crippen LogP contribution in [0.3, 0.4) is 0 Å². The topological polar surface area (TPSA) is 76.3 Å². The molecule has 0 atom stereocenters. The van der Waals surface area contributed by atoms with Crippen molar-refractivity contribution in [3.63, 3.8) is 0 Å². The van der Waals surface area contributed by atoms with Gasteiger partial charge in [0.2, 0.25) is 5.91 Å². The summed E-state index contributed by atoms with van der Waals surface area (Å²) in [6.45, 7) is 3.23. The number of piperazine rings is 1. The number of hydrogen-bond acceptors (Lipinski definition) is 5. The van der Waals surface area contributed by atoms with Gasteiger partial charge in [0, 0.05) is 44.8 Å². The smallest absolute Gasteiger partial charge is 0.282 e. The highest BCUT2D eigenvalue weighted by molar-refractivity contribution is 5.77. The number of nitrogens with zero attached hydrogens (tertiary/aromatic N) is 6. The molecule has 31 heavy (non-hydrogen) atoms. The van der Waals surface area contributed by atoms with E-state index in [9.17, 15) is 14.0 Å². The zero-order valence-corrected chi connectivity index (χ0v) is 17.3. The van der Waals surface area contributed by atoms with Gasteiger partial charge in [0.05, 0.1) is 0 Å². The van der Waals surface area contributed by atoms with Gasteiger partial charge in [0.15, 0.2) is 11.2 Å². The number of hydrogen-bond donors (Lipinski definition) is 0. The van der Waals surface area contributed by atoms with E-state index < -0.39 is 0 Å². The van der Waals surface area contributed by atoms with Gasteiger partial charge in [-0.2, -0.15) is 0 Å². The summed E-state index contributed by atoms with van der Waals surface area (Å²) >= 11 is 0. The van der Waals surface area contributed by atoms with E-state index in [4.69, 9.17) is 0 Å². The number of halogens is 1. The summed E-state index contributed by atoms with van der Waals surface area (Å²) in [7, 11) is 0. The molecule has 1 fully saturated rings. The molecule has 1 amide bonds. The number of amides is 1. The van der Waals surface area contributed by atoms with Gasteiger partial charge in [0.1, 0.15) is 24.5 Å². The van der Waals surface area contributed by atoms with Crippen molar-refractivity contribution >= 4 is 22.8 Å². The second-order valence-corrected chi connectivity index (χ2v) is 8.18. The highest BCUT2D eigenvalue weighted by Crippen LogP contribution is 2.19. The molecule has 2 aliphatic heterocycles. The van der Waals surface area contributed by atoms with Crippen molar-refractivity contribution in [2.24, 2.45) is 0 Å². The van der Waals surface area contributed by atoms with Gasteiger partial charge in [-0.3, -0.25) is 14.2 Å². The molecule has 2 aromatic heterocycles. The second kappa shape index (κ2) is 8.13. The van der Waals surface area contributed by atoms with Crippen molar-refractivity contribution < 1.29 is 9.18 Å². The lowest BCUT2D eigenvalue weighted by Crippen LogP contribution is -2.50. The number of fused-ring (bicyclic) bond motifs is 3. The lowest BCUT2D eigenvalue weighted by atomic mass is 10.2. The number of carbonyl (C=O) groups excluding carboxylic acids is 1. The summed E-state index contributed by atoms with van der Waals surface area (Å²) in [5.41, 5.74) is 1.66. The van der Waals surface area contributed by atoms with Gasteiger partial charge in [-0.15, -0.1) is 0 Å². The van der Waals surface area contributed by atoms with Crippen LogP contribution < -0.4 is 10.5 Å². The Kier molecular flexibility index (Phi) is 5.17. The number of benzene rings is 1. The molecule has 8 nitrogen and oxygen atoms in total. The molecular weight excluding hydrogens is 399 g/mol. The van der Waals surface area contributed by atoms with E-state index in [-0.39, 0.29) is 23.8 Å². The third kappa shape index (κ3) is 3.80. The first-order chi connectivity index (χ1) is 15.1. The third-order valence-corrected chi connectivity index (χ3v) is 6.21. The predicted octanol–water partition coefficient (Wildman–Crippen LogP) is 1.81. The van der Waals surface area contributed by atoms with Crippen LogP contribution in [-0.2, 0) is 24.3 Å². The van der Waals surface area contributed by atoms with Crippen molar-refractivity contribution in [2.45, 2.75) is 38.8 Å². The highest BCUT2D eigenvalue weighted by atomic mass is 19.1. The average Bonchev–Trinajstić information content (AvgIpc) is 2.98. The maximum Gasteiger partial charge on any atom is 0.282 e. The standard InChI is InChI=1S/C22H25FN6O2/c23-16-5-7-17(8-6-16)26-10-12-27(13-11-26)19(30)14-28-15-24-21-20(22(28)31)25-18-4-2-1-3-9-29(18)21/h5-8,15H,1-4,9-14H2. The molecule has 9 heteroatoms. The van der Waals surface area contributed by atoms with Gasteiger partial charge < -0.3 is 14.4 Å². The number of aromatic nitrogens is 4. The molecule has 3 aromatic rings. The van der Waals surface area contributed by atoms with Gasteiger partial charge in [-0.25, -0.2) is 14.4 Å². The molecule has 1 saturated heterocycles. The Labute approximate surface area is 178 Å². The largest absolute Gasteiger partial charge is 0.368 e. The van der Waals surface area contributed by atoms with E-state index in [1.807, 2.05) is 4.57 Å². The minimum absolute atomic E-state index is 0.0412. The van der Waals surface area contributed by atoms with Crippen LogP contribution in [0.1, 0.15) is 25.1 Å². The highest BCUT2D eigenvalue weighted by Gasteiger charge is 2.23.